The van der Waals surface area contributed by atoms with Gasteiger partial charge in [-0.25, -0.2) is 0 Å². The Kier molecular flexibility index (Phi) is 3.90. The molecule has 4 heteroatoms. The molecular weight excluding hydrogens is 291 g/mol. The van der Waals surface area contributed by atoms with E-state index in [1.54, 1.807) is 12.1 Å². The summed E-state index contributed by atoms with van der Waals surface area (Å²) >= 11 is 3.50. The molecule has 18 heavy (non-hydrogen) atoms. The van der Waals surface area contributed by atoms with E-state index in [1.807, 2.05) is 38.1 Å². The van der Waals surface area contributed by atoms with Crippen molar-refractivity contribution in [1.82, 2.24) is 0 Å². The van der Waals surface area contributed by atoms with Crippen molar-refractivity contribution in [3.05, 3.63) is 52.0 Å². The largest absolute Gasteiger partial charge is 0.489 e. The van der Waals surface area contributed by atoms with Crippen LogP contribution in [0.4, 0.5) is 0 Å². The van der Waals surface area contributed by atoms with Crippen LogP contribution in [-0.2, 0) is 0 Å². The van der Waals surface area contributed by atoms with Crippen LogP contribution in [0.1, 0.15) is 11.1 Å². The SMILES string of the molecule is Cc1c(Br)ccc(-c2ccccc2B(O)O)c1C. The average molecular weight is 305 g/mol. The van der Waals surface area contributed by atoms with Gasteiger partial charge in [0, 0.05) is 4.47 Å². The van der Waals surface area contributed by atoms with E-state index in [-0.39, 0.29) is 0 Å². The Morgan fingerprint density at radius 1 is 0.889 bits per heavy atom. The summed E-state index contributed by atoms with van der Waals surface area (Å²) < 4.78 is 1.06. The van der Waals surface area contributed by atoms with Crippen molar-refractivity contribution in [3.8, 4) is 11.1 Å². The number of halogens is 1. The van der Waals surface area contributed by atoms with Crippen molar-refractivity contribution in [3.63, 3.8) is 0 Å². The molecule has 0 aliphatic rings. The molecule has 0 radical (unpaired) electrons. The molecule has 0 aliphatic carbocycles. The first-order valence-corrected chi connectivity index (χ1v) is 6.53. The van der Waals surface area contributed by atoms with E-state index in [0.29, 0.717) is 5.46 Å². The Morgan fingerprint density at radius 2 is 1.56 bits per heavy atom. The van der Waals surface area contributed by atoms with Gasteiger partial charge in [-0.3, -0.25) is 0 Å². The second-order valence-electron chi connectivity index (χ2n) is 4.31. The molecule has 0 fully saturated rings. The van der Waals surface area contributed by atoms with Crippen LogP contribution in [0.2, 0.25) is 0 Å². The lowest BCUT2D eigenvalue weighted by molar-refractivity contribution is 0.426. The molecule has 0 aromatic heterocycles. The predicted molar refractivity (Wildman–Crippen MR) is 78.9 cm³/mol. The highest BCUT2D eigenvalue weighted by molar-refractivity contribution is 9.10. The van der Waals surface area contributed by atoms with Gasteiger partial charge in [-0.15, -0.1) is 0 Å². The zero-order valence-corrected chi connectivity index (χ0v) is 11.9. The first kappa shape index (κ1) is 13.3. The first-order valence-electron chi connectivity index (χ1n) is 5.73. The van der Waals surface area contributed by atoms with Crippen LogP contribution in [0.3, 0.4) is 0 Å². The van der Waals surface area contributed by atoms with Gasteiger partial charge in [0.15, 0.2) is 0 Å². The second-order valence-corrected chi connectivity index (χ2v) is 5.16. The molecule has 0 amide bonds. The van der Waals surface area contributed by atoms with Crippen LogP contribution in [0, 0.1) is 13.8 Å². The minimum atomic E-state index is -1.45. The highest BCUT2D eigenvalue weighted by Gasteiger charge is 2.18. The van der Waals surface area contributed by atoms with Gasteiger partial charge < -0.3 is 10.0 Å². The highest BCUT2D eigenvalue weighted by atomic mass is 79.9. The topological polar surface area (TPSA) is 40.5 Å². The van der Waals surface area contributed by atoms with Gasteiger partial charge in [0.25, 0.3) is 0 Å². The van der Waals surface area contributed by atoms with Crippen LogP contribution >= 0.6 is 15.9 Å². The van der Waals surface area contributed by atoms with Crippen LogP contribution in [0.15, 0.2) is 40.9 Å². The predicted octanol–water partition coefficient (Wildman–Crippen LogP) is 2.41. The highest BCUT2D eigenvalue weighted by Crippen LogP contribution is 2.29. The normalized spacial score (nSPS) is 10.5. The lowest BCUT2D eigenvalue weighted by Gasteiger charge is -2.14. The van der Waals surface area contributed by atoms with Crippen molar-refractivity contribution < 1.29 is 10.0 Å². The monoisotopic (exact) mass is 304 g/mol. The third-order valence-corrected chi connectivity index (χ3v) is 4.11. The van der Waals surface area contributed by atoms with Gasteiger partial charge in [0.2, 0.25) is 0 Å². The standard InChI is InChI=1S/C14H14BBrO2/c1-9-10(2)14(16)8-7-11(9)12-5-3-4-6-13(12)15(17)18/h3-8,17-18H,1-2H3. The van der Waals surface area contributed by atoms with E-state index in [2.05, 4.69) is 15.9 Å². The second kappa shape index (κ2) is 5.27. The minimum absolute atomic E-state index is 0.530. The van der Waals surface area contributed by atoms with Crippen molar-refractivity contribution >= 4 is 28.5 Å². The van der Waals surface area contributed by atoms with E-state index >= 15 is 0 Å². The van der Waals surface area contributed by atoms with Crippen LogP contribution < -0.4 is 5.46 Å². The summed E-state index contributed by atoms with van der Waals surface area (Å²) in [6.07, 6.45) is 0. The summed E-state index contributed by atoms with van der Waals surface area (Å²) in [5, 5.41) is 18.9. The van der Waals surface area contributed by atoms with Gasteiger partial charge in [-0.1, -0.05) is 46.3 Å². The van der Waals surface area contributed by atoms with Crippen LogP contribution in [0.5, 0.6) is 0 Å². The van der Waals surface area contributed by atoms with Crippen molar-refractivity contribution in [1.29, 1.82) is 0 Å². The lowest BCUT2D eigenvalue weighted by Crippen LogP contribution is -2.31. The smallest absolute Gasteiger partial charge is 0.423 e. The summed E-state index contributed by atoms with van der Waals surface area (Å²) in [5.74, 6) is 0. The fourth-order valence-electron chi connectivity index (χ4n) is 2.05. The van der Waals surface area contributed by atoms with E-state index in [9.17, 15) is 10.0 Å². The van der Waals surface area contributed by atoms with E-state index in [0.717, 1.165) is 26.7 Å². The van der Waals surface area contributed by atoms with Gasteiger partial charge in [0.1, 0.15) is 0 Å². The van der Waals surface area contributed by atoms with Crippen LogP contribution in [-0.4, -0.2) is 17.2 Å². The fraction of sp³-hybridized carbons (Fsp3) is 0.143. The molecule has 2 nitrogen and oxygen atoms in total. The molecule has 2 N–H and O–H groups in total. The quantitative estimate of drug-likeness (QED) is 0.837. The van der Waals surface area contributed by atoms with Crippen LogP contribution in [0.25, 0.3) is 11.1 Å². The number of hydrogen-bond acceptors (Lipinski definition) is 2. The zero-order chi connectivity index (χ0) is 13.3. The zero-order valence-electron chi connectivity index (χ0n) is 10.3. The molecule has 0 bridgehead atoms. The van der Waals surface area contributed by atoms with E-state index < -0.39 is 7.12 Å². The molecule has 0 unspecified atom stereocenters. The molecule has 2 aromatic rings. The molecule has 92 valence electrons. The molecule has 0 saturated heterocycles. The fourth-order valence-corrected chi connectivity index (χ4v) is 2.48. The Bertz CT molecular complexity index is 582. The lowest BCUT2D eigenvalue weighted by atomic mass is 9.75. The van der Waals surface area contributed by atoms with Crippen molar-refractivity contribution in [2.24, 2.45) is 0 Å². The molecule has 2 aromatic carbocycles. The maximum absolute atomic E-state index is 9.43. The molecule has 0 aliphatic heterocycles. The molecule has 0 heterocycles. The summed E-state index contributed by atoms with van der Waals surface area (Å²) in [6.45, 7) is 4.08. The molecule has 0 spiro atoms. The van der Waals surface area contributed by atoms with E-state index in [4.69, 9.17) is 0 Å². The maximum Gasteiger partial charge on any atom is 0.489 e. The molecule has 2 rings (SSSR count). The number of benzene rings is 2. The number of rotatable bonds is 2. The van der Waals surface area contributed by atoms with Gasteiger partial charge in [-0.2, -0.15) is 0 Å². The Balaban J connectivity index is 2.66. The third-order valence-electron chi connectivity index (χ3n) is 3.25. The summed E-state index contributed by atoms with van der Waals surface area (Å²) in [4.78, 5) is 0. The first-order chi connectivity index (χ1) is 8.52. The third kappa shape index (κ3) is 2.37. The Morgan fingerprint density at radius 3 is 2.22 bits per heavy atom. The van der Waals surface area contributed by atoms with Gasteiger partial charge in [-0.05, 0) is 47.6 Å². The van der Waals surface area contributed by atoms with Crippen molar-refractivity contribution in [2.45, 2.75) is 13.8 Å². The summed E-state index contributed by atoms with van der Waals surface area (Å²) in [6, 6.07) is 11.3. The average Bonchev–Trinajstić information content (AvgIpc) is 2.36. The minimum Gasteiger partial charge on any atom is -0.423 e. The van der Waals surface area contributed by atoms with Crippen molar-refractivity contribution in [2.75, 3.05) is 0 Å². The van der Waals surface area contributed by atoms with E-state index in [1.165, 1.54) is 0 Å². The summed E-state index contributed by atoms with van der Waals surface area (Å²) in [7, 11) is -1.45. The number of hydrogen-bond donors (Lipinski definition) is 2. The summed E-state index contributed by atoms with van der Waals surface area (Å²) in [5.41, 5.74) is 4.72. The molecule has 0 saturated carbocycles. The Hall–Kier alpha value is -1.10. The maximum atomic E-state index is 9.43. The molecule has 0 atom stereocenters. The Labute approximate surface area is 116 Å². The van der Waals surface area contributed by atoms with Gasteiger partial charge >= 0.3 is 7.12 Å². The molecular formula is C14H14BBrO2. The van der Waals surface area contributed by atoms with Gasteiger partial charge in [0.05, 0.1) is 0 Å².